The normalized spacial score (nSPS) is 13.5. The number of aromatic nitrogens is 3. The van der Waals surface area contributed by atoms with E-state index in [-0.39, 0.29) is 24.1 Å². The quantitative estimate of drug-likeness (QED) is 0.684. The molecule has 0 aliphatic carbocycles. The fourth-order valence-electron chi connectivity index (χ4n) is 3.22. The maximum absolute atomic E-state index is 12.2. The second kappa shape index (κ2) is 9.05. The topological polar surface area (TPSA) is 80.1 Å². The van der Waals surface area contributed by atoms with Crippen molar-refractivity contribution >= 4 is 17.5 Å². The van der Waals surface area contributed by atoms with Gasteiger partial charge in [-0.05, 0) is 49.2 Å². The van der Waals surface area contributed by atoms with Crippen LogP contribution in [-0.2, 0) is 4.79 Å². The van der Waals surface area contributed by atoms with Crippen molar-refractivity contribution in [1.29, 1.82) is 0 Å². The zero-order valence-electron chi connectivity index (χ0n) is 16.4. The lowest BCUT2D eigenvalue weighted by atomic mass is 10.1. The third-order valence-electron chi connectivity index (χ3n) is 4.78. The van der Waals surface area contributed by atoms with E-state index >= 15 is 0 Å². The summed E-state index contributed by atoms with van der Waals surface area (Å²) in [6, 6.07) is 17.0. The zero-order chi connectivity index (χ0) is 20.8. The van der Waals surface area contributed by atoms with Crippen molar-refractivity contribution in [3.05, 3.63) is 72.1 Å². The number of carbonyl (C=O) groups excluding carboxylic acids is 2. The summed E-state index contributed by atoms with van der Waals surface area (Å²) in [6.07, 6.45) is 4.04. The van der Waals surface area contributed by atoms with Gasteiger partial charge in [0, 0.05) is 24.2 Å². The van der Waals surface area contributed by atoms with Gasteiger partial charge < -0.3 is 10.2 Å². The third kappa shape index (κ3) is 4.55. The predicted molar refractivity (Wildman–Crippen MR) is 113 cm³/mol. The third-order valence-corrected chi connectivity index (χ3v) is 4.78. The van der Waals surface area contributed by atoms with Gasteiger partial charge >= 0.3 is 0 Å². The molecule has 30 heavy (non-hydrogen) atoms. The minimum absolute atomic E-state index is 0.173. The molecule has 1 saturated heterocycles. The van der Waals surface area contributed by atoms with Gasteiger partial charge in [0.25, 0.3) is 5.91 Å². The Morgan fingerprint density at radius 1 is 1.03 bits per heavy atom. The van der Waals surface area contributed by atoms with Crippen LogP contribution in [0.25, 0.3) is 5.69 Å². The van der Waals surface area contributed by atoms with Crippen LogP contribution in [0.4, 0.5) is 5.69 Å². The minimum atomic E-state index is -0.328. The average Bonchev–Trinajstić information content (AvgIpc) is 3.29. The Morgan fingerprint density at radius 3 is 2.60 bits per heavy atom. The van der Waals surface area contributed by atoms with Gasteiger partial charge in [0.05, 0.1) is 18.4 Å². The molecular weight excluding hydrogens is 378 g/mol. The molecule has 2 heterocycles. The molecule has 0 unspecified atom stereocenters. The molecular formula is C23H21N5O2. The summed E-state index contributed by atoms with van der Waals surface area (Å²) in [5, 5.41) is 11.0. The van der Waals surface area contributed by atoms with Crippen LogP contribution in [0.2, 0.25) is 0 Å². The summed E-state index contributed by atoms with van der Waals surface area (Å²) >= 11 is 0. The van der Waals surface area contributed by atoms with Crippen molar-refractivity contribution in [3.8, 4) is 17.5 Å². The molecule has 0 radical (unpaired) electrons. The lowest BCUT2D eigenvalue weighted by molar-refractivity contribution is -0.119. The Morgan fingerprint density at radius 2 is 1.83 bits per heavy atom. The predicted octanol–water partition coefficient (Wildman–Crippen LogP) is 2.57. The van der Waals surface area contributed by atoms with Gasteiger partial charge in [-0.2, -0.15) is 9.90 Å². The van der Waals surface area contributed by atoms with Gasteiger partial charge in [-0.3, -0.25) is 9.59 Å². The zero-order valence-corrected chi connectivity index (χ0v) is 16.4. The Bertz CT molecular complexity index is 1090. The van der Waals surface area contributed by atoms with E-state index in [4.69, 9.17) is 0 Å². The lowest BCUT2D eigenvalue weighted by Gasteiger charge is -2.26. The Kier molecular flexibility index (Phi) is 5.85. The van der Waals surface area contributed by atoms with E-state index < -0.39 is 0 Å². The summed E-state index contributed by atoms with van der Waals surface area (Å²) < 4.78 is 0. The molecule has 150 valence electrons. The Hall–Kier alpha value is -3.92. The molecule has 2 aromatic carbocycles. The highest BCUT2D eigenvalue weighted by molar-refractivity contribution is 5.94. The number of para-hydroxylation sites is 1. The molecule has 1 aliphatic rings. The van der Waals surface area contributed by atoms with Crippen LogP contribution in [0.1, 0.15) is 35.3 Å². The van der Waals surface area contributed by atoms with Gasteiger partial charge in [0.1, 0.15) is 0 Å². The summed E-state index contributed by atoms with van der Waals surface area (Å²) in [4.78, 5) is 27.5. The van der Waals surface area contributed by atoms with Gasteiger partial charge in [0.2, 0.25) is 5.91 Å². The van der Waals surface area contributed by atoms with Crippen molar-refractivity contribution in [3.63, 3.8) is 0 Å². The first-order valence-electron chi connectivity index (χ1n) is 9.86. The number of rotatable bonds is 4. The van der Waals surface area contributed by atoms with Gasteiger partial charge in [0.15, 0.2) is 5.69 Å². The molecule has 7 heteroatoms. The highest BCUT2D eigenvalue weighted by Crippen LogP contribution is 2.21. The van der Waals surface area contributed by atoms with Crippen molar-refractivity contribution in [2.24, 2.45) is 0 Å². The molecule has 2 amide bonds. The van der Waals surface area contributed by atoms with Crippen LogP contribution >= 0.6 is 0 Å². The second-order valence-electron chi connectivity index (χ2n) is 6.89. The Labute approximate surface area is 174 Å². The summed E-state index contributed by atoms with van der Waals surface area (Å²) in [5.74, 6) is 5.79. The maximum Gasteiger partial charge on any atom is 0.274 e. The summed E-state index contributed by atoms with van der Waals surface area (Å²) in [6.45, 7) is 0.966. The van der Waals surface area contributed by atoms with E-state index in [1.54, 1.807) is 0 Å². The molecule has 0 bridgehead atoms. The highest BCUT2D eigenvalue weighted by atomic mass is 16.2. The van der Waals surface area contributed by atoms with E-state index in [0.29, 0.717) is 6.42 Å². The summed E-state index contributed by atoms with van der Waals surface area (Å²) in [5.41, 5.74) is 2.75. The second-order valence-corrected chi connectivity index (χ2v) is 6.89. The molecule has 0 spiro atoms. The molecule has 0 saturated carbocycles. The van der Waals surface area contributed by atoms with Crippen LogP contribution in [0.15, 0.2) is 60.8 Å². The van der Waals surface area contributed by atoms with Crippen LogP contribution in [0.5, 0.6) is 0 Å². The number of carbonyl (C=O) groups is 2. The van der Waals surface area contributed by atoms with Crippen LogP contribution in [0, 0.1) is 11.8 Å². The first-order valence-corrected chi connectivity index (χ1v) is 9.86. The van der Waals surface area contributed by atoms with Crippen LogP contribution < -0.4 is 10.2 Å². The van der Waals surface area contributed by atoms with Gasteiger partial charge in [-0.1, -0.05) is 30.0 Å². The molecule has 1 aliphatic heterocycles. The number of nitrogens with one attached hydrogen (secondary N) is 1. The van der Waals surface area contributed by atoms with Crippen LogP contribution in [-0.4, -0.2) is 39.9 Å². The largest absolute Gasteiger partial charge is 0.340 e. The molecule has 0 atom stereocenters. The Balaban J connectivity index is 1.31. The first-order chi connectivity index (χ1) is 14.7. The van der Waals surface area contributed by atoms with E-state index in [0.717, 1.165) is 36.3 Å². The molecule has 1 fully saturated rings. The molecule has 7 nitrogen and oxygen atoms in total. The van der Waals surface area contributed by atoms with Gasteiger partial charge in [-0.25, -0.2) is 0 Å². The molecule has 1 aromatic heterocycles. The van der Waals surface area contributed by atoms with E-state index in [2.05, 4.69) is 27.4 Å². The molecule has 3 aromatic rings. The van der Waals surface area contributed by atoms with E-state index in [9.17, 15) is 9.59 Å². The number of hydrogen-bond acceptors (Lipinski definition) is 4. The number of nitrogens with zero attached hydrogens (tertiary/aromatic N) is 4. The standard InChI is InChI=1S/C23H21N5O2/c29-22-10-4-5-16-27(22)19-13-11-18(12-14-19)7-6-15-24-23(30)21-17-25-28(26-21)20-8-2-1-3-9-20/h1-3,8-9,11-14,17H,4-5,10,15-16H2,(H,24,30). The van der Waals surface area contributed by atoms with Crippen molar-refractivity contribution in [2.45, 2.75) is 19.3 Å². The van der Waals surface area contributed by atoms with E-state index in [1.165, 1.54) is 11.0 Å². The van der Waals surface area contributed by atoms with Gasteiger partial charge in [-0.15, -0.1) is 5.10 Å². The fraction of sp³-hybridized carbons (Fsp3) is 0.217. The smallest absolute Gasteiger partial charge is 0.274 e. The number of hydrogen-bond donors (Lipinski definition) is 1. The monoisotopic (exact) mass is 399 g/mol. The van der Waals surface area contributed by atoms with Crippen LogP contribution in [0.3, 0.4) is 0 Å². The summed E-state index contributed by atoms with van der Waals surface area (Å²) in [7, 11) is 0. The van der Waals surface area contributed by atoms with Crippen molar-refractivity contribution < 1.29 is 9.59 Å². The minimum Gasteiger partial charge on any atom is -0.340 e. The number of amides is 2. The van der Waals surface area contributed by atoms with E-state index in [1.807, 2.05) is 59.5 Å². The number of benzene rings is 2. The SMILES string of the molecule is O=C(NCC#Cc1ccc(N2CCCCC2=O)cc1)c1cnn(-c2ccccc2)n1. The fourth-order valence-corrected chi connectivity index (χ4v) is 3.22. The molecule has 1 N–H and O–H groups in total. The molecule has 4 rings (SSSR count). The average molecular weight is 399 g/mol. The number of anilines is 1. The van der Waals surface area contributed by atoms with Crippen molar-refractivity contribution in [2.75, 3.05) is 18.0 Å². The first kappa shape index (κ1) is 19.4. The number of piperidine rings is 1. The van der Waals surface area contributed by atoms with Crippen molar-refractivity contribution in [1.82, 2.24) is 20.3 Å². The lowest BCUT2D eigenvalue weighted by Crippen LogP contribution is -2.35. The maximum atomic E-state index is 12.2. The highest BCUT2D eigenvalue weighted by Gasteiger charge is 2.19.